The maximum Gasteiger partial charge on any atom is 0.326 e. The van der Waals surface area contributed by atoms with E-state index in [1.54, 1.807) is 0 Å². The normalized spacial score (nSPS) is 17.9. The van der Waals surface area contributed by atoms with Crippen LogP contribution in [0.2, 0.25) is 0 Å². The molecule has 0 unspecified atom stereocenters. The minimum Gasteiger partial charge on any atom is -0.480 e. The van der Waals surface area contributed by atoms with E-state index in [2.05, 4.69) is 43.2 Å². The van der Waals surface area contributed by atoms with Crippen molar-refractivity contribution in [2.75, 3.05) is 11.5 Å². The Hall–Kier alpha value is -1.86. The van der Waals surface area contributed by atoms with Gasteiger partial charge in [-0.3, -0.25) is 4.79 Å². The molecular formula is C23H30N2O3S2. The lowest BCUT2D eigenvalue weighted by atomic mass is 9.90. The molecule has 1 aromatic carbocycles. The van der Waals surface area contributed by atoms with Crippen LogP contribution in [0.3, 0.4) is 0 Å². The number of aliphatic carboxylic acids is 1. The van der Waals surface area contributed by atoms with Gasteiger partial charge in [-0.1, -0.05) is 45.0 Å². The largest absolute Gasteiger partial charge is 0.480 e. The van der Waals surface area contributed by atoms with Gasteiger partial charge in [0.1, 0.15) is 6.04 Å². The average Bonchev–Trinajstić information content (AvgIpc) is 3.03. The molecule has 1 aliphatic heterocycles. The van der Waals surface area contributed by atoms with Crippen LogP contribution in [-0.4, -0.2) is 43.6 Å². The first-order valence-electron chi connectivity index (χ1n) is 10.2. The number of hydrogen-bond acceptors (Lipinski definition) is 4. The van der Waals surface area contributed by atoms with Crippen molar-refractivity contribution in [1.29, 1.82) is 0 Å². The van der Waals surface area contributed by atoms with Gasteiger partial charge in [0, 0.05) is 29.9 Å². The predicted octanol–water partition coefficient (Wildman–Crippen LogP) is 4.93. The molecule has 2 aromatic rings. The smallest absolute Gasteiger partial charge is 0.326 e. The second kappa shape index (κ2) is 9.10. The molecule has 1 saturated heterocycles. The fourth-order valence-corrected chi connectivity index (χ4v) is 7.15. The van der Waals surface area contributed by atoms with Crippen LogP contribution in [-0.2, 0) is 16.0 Å². The summed E-state index contributed by atoms with van der Waals surface area (Å²) in [5.74, 6) is 0.895. The van der Waals surface area contributed by atoms with Gasteiger partial charge in [-0.05, 0) is 41.0 Å². The maximum atomic E-state index is 11.7. The summed E-state index contributed by atoms with van der Waals surface area (Å²) < 4.78 is -0.0380. The van der Waals surface area contributed by atoms with Gasteiger partial charge < -0.3 is 15.4 Å². The van der Waals surface area contributed by atoms with Gasteiger partial charge in [0.2, 0.25) is 5.91 Å². The number of thioether (sulfide) groups is 2. The summed E-state index contributed by atoms with van der Waals surface area (Å²) in [4.78, 5) is 26.7. The first-order chi connectivity index (χ1) is 14.1. The molecule has 1 aliphatic rings. The number of aromatic nitrogens is 1. The number of carboxylic acid groups (broad SMARTS) is 1. The van der Waals surface area contributed by atoms with Gasteiger partial charge >= 0.3 is 5.97 Å². The highest BCUT2D eigenvalue weighted by Gasteiger charge is 2.42. The van der Waals surface area contributed by atoms with E-state index in [0.717, 1.165) is 33.7 Å². The number of fused-ring (bicyclic) bond motifs is 1. The highest BCUT2D eigenvalue weighted by molar-refractivity contribution is 8.19. The summed E-state index contributed by atoms with van der Waals surface area (Å²) in [6, 6.07) is 6.93. The monoisotopic (exact) mass is 446 g/mol. The Morgan fingerprint density at radius 2 is 1.93 bits per heavy atom. The van der Waals surface area contributed by atoms with E-state index in [-0.39, 0.29) is 21.8 Å². The summed E-state index contributed by atoms with van der Waals surface area (Å²) in [5.41, 5.74) is 2.86. The molecule has 1 aromatic heterocycles. The number of hydrogen-bond donors (Lipinski definition) is 3. The standard InChI is InChI=1S/C23H30N2O3S2/c1-15(26)24-20(21(27)28)14-17-16-8-5-6-9-18(16)25-19(17)10-11-23(22(2,3)4)29-12-7-13-30-23/h5-6,8-11,20,25H,7,12-14H2,1-4H3,(H,24,26)(H,27,28)/b11-10+/t20-/m0/s1. The van der Waals surface area contributed by atoms with Crippen molar-refractivity contribution in [1.82, 2.24) is 10.3 Å². The first-order valence-corrected chi connectivity index (χ1v) is 12.2. The molecule has 162 valence electrons. The SMILES string of the molecule is CC(=O)N[C@@H](Cc1c(/C=C/C2(C(C)(C)C)SCCCS2)[nH]c2ccccc12)C(=O)O. The molecule has 2 heterocycles. The minimum absolute atomic E-state index is 0.0380. The topological polar surface area (TPSA) is 82.2 Å². The van der Waals surface area contributed by atoms with E-state index < -0.39 is 12.0 Å². The number of carbonyl (C=O) groups excluding carboxylic acids is 1. The zero-order valence-corrected chi connectivity index (χ0v) is 19.6. The van der Waals surface area contributed by atoms with E-state index in [1.807, 2.05) is 47.8 Å². The second-order valence-electron chi connectivity index (χ2n) is 8.66. The lowest BCUT2D eigenvalue weighted by Crippen LogP contribution is -2.41. The number of carboxylic acids is 1. The van der Waals surface area contributed by atoms with Crippen LogP contribution < -0.4 is 5.32 Å². The fraction of sp³-hybridized carbons (Fsp3) is 0.478. The molecule has 30 heavy (non-hydrogen) atoms. The van der Waals surface area contributed by atoms with Crippen molar-refractivity contribution in [3.05, 3.63) is 41.6 Å². The molecule has 1 fully saturated rings. The molecule has 5 nitrogen and oxygen atoms in total. The molecule has 1 atom stereocenters. The molecule has 0 radical (unpaired) electrons. The molecule has 0 saturated carbocycles. The van der Waals surface area contributed by atoms with E-state index in [9.17, 15) is 14.7 Å². The number of H-pyrrole nitrogens is 1. The molecule has 3 rings (SSSR count). The van der Waals surface area contributed by atoms with Crippen LogP contribution in [0.25, 0.3) is 17.0 Å². The molecule has 0 aliphatic carbocycles. The lowest BCUT2D eigenvalue weighted by molar-refractivity contribution is -0.141. The number of aromatic amines is 1. The van der Waals surface area contributed by atoms with E-state index in [4.69, 9.17) is 0 Å². The number of para-hydroxylation sites is 1. The number of rotatable bonds is 6. The number of benzene rings is 1. The average molecular weight is 447 g/mol. The summed E-state index contributed by atoms with van der Waals surface area (Å²) in [6.07, 6.45) is 5.83. The molecule has 7 heteroatoms. The van der Waals surface area contributed by atoms with E-state index >= 15 is 0 Å². The van der Waals surface area contributed by atoms with Crippen molar-refractivity contribution in [2.45, 2.75) is 50.7 Å². The Bertz CT molecular complexity index is 953. The third kappa shape index (κ3) is 4.89. The Kier molecular flexibility index (Phi) is 6.92. The van der Waals surface area contributed by atoms with Crippen LogP contribution >= 0.6 is 23.5 Å². The van der Waals surface area contributed by atoms with Crippen molar-refractivity contribution in [3.8, 4) is 0 Å². The predicted molar refractivity (Wildman–Crippen MR) is 128 cm³/mol. The molecule has 3 N–H and O–H groups in total. The van der Waals surface area contributed by atoms with Crippen molar-refractivity contribution in [3.63, 3.8) is 0 Å². The van der Waals surface area contributed by atoms with Crippen LogP contribution in [0, 0.1) is 5.41 Å². The zero-order chi connectivity index (χ0) is 21.9. The first kappa shape index (κ1) is 22.8. The summed E-state index contributed by atoms with van der Waals surface area (Å²) in [7, 11) is 0. The maximum absolute atomic E-state index is 11.7. The van der Waals surface area contributed by atoms with Crippen molar-refractivity contribution < 1.29 is 14.7 Å². The lowest BCUT2D eigenvalue weighted by Gasteiger charge is -2.44. The van der Waals surface area contributed by atoms with Crippen molar-refractivity contribution in [2.24, 2.45) is 5.41 Å². The molecule has 0 spiro atoms. The highest BCUT2D eigenvalue weighted by atomic mass is 32.2. The fourth-order valence-electron chi connectivity index (χ4n) is 3.75. The van der Waals surface area contributed by atoms with Gasteiger partial charge in [-0.25, -0.2) is 4.79 Å². The Balaban J connectivity index is 2.03. The van der Waals surface area contributed by atoms with Crippen LogP contribution in [0.4, 0.5) is 0 Å². The van der Waals surface area contributed by atoms with Crippen LogP contribution in [0.15, 0.2) is 30.3 Å². The third-order valence-electron chi connectivity index (χ3n) is 5.37. The summed E-state index contributed by atoms with van der Waals surface area (Å²) in [6.45, 7) is 8.15. The molecular weight excluding hydrogens is 416 g/mol. The highest BCUT2D eigenvalue weighted by Crippen LogP contribution is 2.54. The molecule has 0 bridgehead atoms. The second-order valence-corrected chi connectivity index (χ2v) is 11.6. The van der Waals surface area contributed by atoms with Gasteiger partial charge in [0.15, 0.2) is 0 Å². The van der Waals surface area contributed by atoms with Gasteiger partial charge in [-0.15, -0.1) is 23.5 Å². The Morgan fingerprint density at radius 1 is 1.27 bits per heavy atom. The van der Waals surface area contributed by atoms with Crippen LogP contribution in [0.5, 0.6) is 0 Å². The van der Waals surface area contributed by atoms with Gasteiger partial charge in [0.05, 0.1) is 4.08 Å². The number of amides is 1. The number of carbonyl (C=O) groups is 2. The van der Waals surface area contributed by atoms with E-state index in [1.165, 1.54) is 13.3 Å². The van der Waals surface area contributed by atoms with Gasteiger partial charge in [0.25, 0.3) is 0 Å². The minimum atomic E-state index is -1.03. The van der Waals surface area contributed by atoms with Gasteiger partial charge in [-0.2, -0.15) is 0 Å². The number of nitrogens with one attached hydrogen (secondary N) is 2. The van der Waals surface area contributed by atoms with Crippen LogP contribution in [0.1, 0.15) is 45.4 Å². The quantitative estimate of drug-likeness (QED) is 0.586. The summed E-state index contributed by atoms with van der Waals surface area (Å²) >= 11 is 3.98. The van der Waals surface area contributed by atoms with Crippen molar-refractivity contribution >= 4 is 52.4 Å². The van der Waals surface area contributed by atoms with E-state index in [0.29, 0.717) is 0 Å². The third-order valence-corrected chi connectivity index (χ3v) is 9.41. The summed E-state index contributed by atoms with van der Waals surface area (Å²) in [5, 5.41) is 13.2. The Labute approximate surface area is 186 Å². The zero-order valence-electron chi connectivity index (χ0n) is 18.0. The Morgan fingerprint density at radius 3 is 2.53 bits per heavy atom. The molecule has 1 amide bonds.